The summed E-state index contributed by atoms with van der Waals surface area (Å²) >= 11 is 0. The first-order valence-corrected chi connectivity index (χ1v) is 5.76. The summed E-state index contributed by atoms with van der Waals surface area (Å²) in [7, 11) is 1.70. The standard InChI is InChI=1S/C12H21N3O2/c1-5-17-10-6-7-13-11(15-10)14-8-12(2,3)9-16-4/h6-7H,5,8-9H2,1-4H3,(H,13,14,15). The van der Waals surface area contributed by atoms with Crippen LogP contribution in [0.25, 0.3) is 0 Å². The molecule has 0 atom stereocenters. The Morgan fingerprint density at radius 2 is 2.18 bits per heavy atom. The van der Waals surface area contributed by atoms with E-state index in [2.05, 4.69) is 29.1 Å². The summed E-state index contributed by atoms with van der Waals surface area (Å²) in [5.41, 5.74) is 0.0414. The third-order valence-corrected chi connectivity index (χ3v) is 2.18. The third kappa shape index (κ3) is 4.99. The summed E-state index contributed by atoms with van der Waals surface area (Å²) in [6.45, 7) is 8.20. The lowest BCUT2D eigenvalue weighted by atomic mass is 9.95. The minimum absolute atomic E-state index is 0.0414. The Hall–Kier alpha value is -1.36. The summed E-state index contributed by atoms with van der Waals surface area (Å²) in [5.74, 6) is 1.18. The molecule has 1 rings (SSSR count). The molecular weight excluding hydrogens is 218 g/mol. The number of hydrogen-bond donors (Lipinski definition) is 1. The lowest BCUT2D eigenvalue weighted by molar-refractivity contribution is 0.112. The van der Waals surface area contributed by atoms with Crippen molar-refractivity contribution in [2.24, 2.45) is 5.41 Å². The second kappa shape index (κ2) is 6.39. The maximum Gasteiger partial charge on any atom is 0.225 e. The molecule has 1 aromatic rings. The predicted molar refractivity (Wildman–Crippen MR) is 67.3 cm³/mol. The quantitative estimate of drug-likeness (QED) is 0.788. The molecule has 0 saturated heterocycles. The van der Waals surface area contributed by atoms with Gasteiger partial charge in [-0.2, -0.15) is 4.98 Å². The van der Waals surface area contributed by atoms with Crippen LogP contribution in [0.2, 0.25) is 0 Å². The number of hydrogen-bond acceptors (Lipinski definition) is 5. The molecule has 1 aromatic heterocycles. The summed E-state index contributed by atoms with van der Waals surface area (Å²) in [6, 6.07) is 1.75. The average molecular weight is 239 g/mol. The highest BCUT2D eigenvalue weighted by molar-refractivity contribution is 5.27. The Morgan fingerprint density at radius 1 is 1.41 bits per heavy atom. The van der Waals surface area contributed by atoms with Gasteiger partial charge in [0.25, 0.3) is 0 Å². The van der Waals surface area contributed by atoms with Gasteiger partial charge in [-0.15, -0.1) is 0 Å². The van der Waals surface area contributed by atoms with Gasteiger partial charge in [0, 0.05) is 31.3 Å². The first-order valence-electron chi connectivity index (χ1n) is 5.76. The number of nitrogens with zero attached hydrogens (tertiary/aromatic N) is 2. The Bertz CT molecular complexity index is 342. The van der Waals surface area contributed by atoms with E-state index in [-0.39, 0.29) is 5.41 Å². The van der Waals surface area contributed by atoms with Crippen molar-refractivity contribution in [3.8, 4) is 5.88 Å². The van der Waals surface area contributed by atoms with E-state index in [9.17, 15) is 0 Å². The van der Waals surface area contributed by atoms with Gasteiger partial charge in [-0.3, -0.25) is 0 Å². The van der Waals surface area contributed by atoms with Gasteiger partial charge in [0.2, 0.25) is 11.8 Å². The van der Waals surface area contributed by atoms with E-state index < -0.39 is 0 Å². The van der Waals surface area contributed by atoms with Gasteiger partial charge in [-0.1, -0.05) is 13.8 Å². The van der Waals surface area contributed by atoms with Gasteiger partial charge >= 0.3 is 0 Å². The van der Waals surface area contributed by atoms with Crippen molar-refractivity contribution in [3.63, 3.8) is 0 Å². The Balaban J connectivity index is 2.53. The molecule has 5 heteroatoms. The highest BCUT2D eigenvalue weighted by atomic mass is 16.5. The molecule has 0 aliphatic heterocycles. The first kappa shape index (κ1) is 13.7. The van der Waals surface area contributed by atoms with E-state index in [1.807, 2.05) is 6.92 Å². The smallest absolute Gasteiger partial charge is 0.225 e. The van der Waals surface area contributed by atoms with E-state index in [0.717, 1.165) is 6.54 Å². The number of aromatic nitrogens is 2. The number of methoxy groups -OCH3 is 1. The van der Waals surface area contributed by atoms with Gasteiger partial charge < -0.3 is 14.8 Å². The Labute approximate surface area is 103 Å². The molecule has 96 valence electrons. The van der Waals surface area contributed by atoms with Crippen LogP contribution in [0.3, 0.4) is 0 Å². The summed E-state index contributed by atoms with van der Waals surface area (Å²) in [4.78, 5) is 8.38. The maximum absolute atomic E-state index is 5.31. The highest BCUT2D eigenvalue weighted by Crippen LogP contribution is 2.16. The molecule has 0 fully saturated rings. The van der Waals surface area contributed by atoms with Crippen LogP contribution < -0.4 is 10.1 Å². The average Bonchev–Trinajstić information content (AvgIpc) is 2.28. The molecule has 17 heavy (non-hydrogen) atoms. The molecule has 0 spiro atoms. The minimum atomic E-state index is 0.0414. The number of ether oxygens (including phenoxy) is 2. The van der Waals surface area contributed by atoms with Crippen LogP contribution in [0.4, 0.5) is 5.95 Å². The fraction of sp³-hybridized carbons (Fsp3) is 0.667. The van der Waals surface area contributed by atoms with Crippen molar-refractivity contribution in [3.05, 3.63) is 12.3 Å². The Kier molecular flexibility index (Phi) is 5.15. The van der Waals surface area contributed by atoms with E-state index in [1.165, 1.54) is 0 Å². The van der Waals surface area contributed by atoms with E-state index in [0.29, 0.717) is 25.0 Å². The lowest BCUT2D eigenvalue weighted by Gasteiger charge is -2.23. The van der Waals surface area contributed by atoms with Gasteiger partial charge in [0.15, 0.2) is 0 Å². The molecule has 0 aromatic carbocycles. The summed E-state index contributed by atoms with van der Waals surface area (Å²) in [6.07, 6.45) is 1.68. The van der Waals surface area contributed by atoms with Crippen molar-refractivity contribution < 1.29 is 9.47 Å². The predicted octanol–water partition coefficient (Wildman–Crippen LogP) is 1.96. The van der Waals surface area contributed by atoms with E-state index in [4.69, 9.17) is 9.47 Å². The van der Waals surface area contributed by atoms with Crippen LogP contribution in [0.15, 0.2) is 12.3 Å². The van der Waals surface area contributed by atoms with Crippen LogP contribution in [-0.2, 0) is 4.74 Å². The zero-order chi connectivity index (χ0) is 12.7. The SMILES string of the molecule is CCOc1ccnc(NCC(C)(C)COC)n1. The van der Waals surface area contributed by atoms with Crippen LogP contribution in [0.1, 0.15) is 20.8 Å². The van der Waals surface area contributed by atoms with Crippen LogP contribution in [0.5, 0.6) is 5.88 Å². The van der Waals surface area contributed by atoms with Crippen molar-refractivity contribution in [1.29, 1.82) is 0 Å². The molecule has 0 aliphatic carbocycles. The van der Waals surface area contributed by atoms with Gasteiger partial charge in [0.1, 0.15) is 0 Å². The molecule has 0 amide bonds. The van der Waals surface area contributed by atoms with E-state index in [1.54, 1.807) is 19.4 Å². The molecule has 0 aliphatic rings. The van der Waals surface area contributed by atoms with Crippen molar-refractivity contribution in [2.75, 3.05) is 32.2 Å². The number of nitrogens with one attached hydrogen (secondary N) is 1. The number of rotatable bonds is 7. The summed E-state index contributed by atoms with van der Waals surface area (Å²) in [5, 5.41) is 3.19. The topological polar surface area (TPSA) is 56.3 Å². The zero-order valence-corrected chi connectivity index (χ0v) is 11.0. The number of anilines is 1. The molecule has 1 heterocycles. The van der Waals surface area contributed by atoms with Crippen molar-refractivity contribution in [1.82, 2.24) is 9.97 Å². The molecular formula is C12H21N3O2. The van der Waals surface area contributed by atoms with Crippen LogP contribution in [-0.4, -0.2) is 36.8 Å². The molecule has 0 saturated carbocycles. The van der Waals surface area contributed by atoms with Gasteiger partial charge in [-0.05, 0) is 6.92 Å². The Morgan fingerprint density at radius 3 is 2.82 bits per heavy atom. The zero-order valence-electron chi connectivity index (χ0n) is 11.0. The molecule has 0 unspecified atom stereocenters. The highest BCUT2D eigenvalue weighted by Gasteiger charge is 2.17. The third-order valence-electron chi connectivity index (χ3n) is 2.18. The van der Waals surface area contributed by atoms with Crippen molar-refractivity contribution >= 4 is 5.95 Å². The monoisotopic (exact) mass is 239 g/mol. The second-order valence-corrected chi connectivity index (χ2v) is 4.60. The molecule has 0 radical (unpaired) electrons. The molecule has 1 N–H and O–H groups in total. The molecule has 0 bridgehead atoms. The molecule has 5 nitrogen and oxygen atoms in total. The van der Waals surface area contributed by atoms with E-state index >= 15 is 0 Å². The second-order valence-electron chi connectivity index (χ2n) is 4.60. The van der Waals surface area contributed by atoms with Crippen LogP contribution >= 0.6 is 0 Å². The van der Waals surface area contributed by atoms with Crippen LogP contribution in [0, 0.1) is 5.41 Å². The summed E-state index contributed by atoms with van der Waals surface area (Å²) < 4.78 is 10.5. The largest absolute Gasteiger partial charge is 0.478 e. The lowest BCUT2D eigenvalue weighted by Crippen LogP contribution is -2.28. The maximum atomic E-state index is 5.31. The fourth-order valence-corrected chi connectivity index (χ4v) is 1.42. The first-order chi connectivity index (χ1) is 8.07. The van der Waals surface area contributed by atoms with Gasteiger partial charge in [-0.25, -0.2) is 4.98 Å². The minimum Gasteiger partial charge on any atom is -0.478 e. The van der Waals surface area contributed by atoms with Crippen molar-refractivity contribution in [2.45, 2.75) is 20.8 Å². The fourth-order valence-electron chi connectivity index (χ4n) is 1.42. The normalized spacial score (nSPS) is 11.3. The van der Waals surface area contributed by atoms with Gasteiger partial charge in [0.05, 0.1) is 13.2 Å².